The maximum Gasteiger partial charge on any atom is 0.308 e. The van der Waals surface area contributed by atoms with E-state index in [4.69, 9.17) is 9.47 Å². The predicted molar refractivity (Wildman–Crippen MR) is 296 cm³/mol. The van der Waals surface area contributed by atoms with Gasteiger partial charge in [-0.25, -0.2) is 0 Å². The molecule has 0 heterocycles. The quantitative estimate of drug-likeness (QED) is 0.0480. The molecule has 0 aromatic carbocycles. The second-order valence-electron chi connectivity index (χ2n) is 20.2. The van der Waals surface area contributed by atoms with Crippen LogP contribution in [0.25, 0.3) is 0 Å². The van der Waals surface area contributed by atoms with Gasteiger partial charge >= 0.3 is 11.9 Å². The van der Waals surface area contributed by atoms with E-state index in [9.17, 15) is 14.4 Å². The number of amides is 1. The molecule has 0 aliphatic heterocycles. The maximum atomic E-state index is 13.1. The highest BCUT2D eigenvalue weighted by Crippen LogP contribution is 2.22. The lowest BCUT2D eigenvalue weighted by atomic mass is 9.94. The first-order valence-electron chi connectivity index (χ1n) is 30.4. The van der Waals surface area contributed by atoms with Crippen molar-refractivity contribution in [1.29, 1.82) is 0 Å². The standard InChI is InChI=1S/C58H115N3O5.C2H6/c1-7-13-19-23-25-33-42-54(40-31-21-15-9-3)57(63)65-52-37-29-27-35-47-60(51-46-59-45-39-44-56(62)61(49-17-11-5)50-18-12-6)48-36-28-30-38-53-66-58(64)55(41-32-22-16-10-4)43-34-26-24-20-14-8-2;1-2/h54-55,59H,7-53H2,1-6H3;1-2H3. The normalized spacial score (nSPS) is 12.2. The number of carbonyl (C=O) groups excluding carboxylic acids is 3. The number of hydrogen-bond donors (Lipinski definition) is 1. The van der Waals surface area contributed by atoms with Crippen LogP contribution in [-0.2, 0) is 23.9 Å². The van der Waals surface area contributed by atoms with Gasteiger partial charge < -0.3 is 24.6 Å². The van der Waals surface area contributed by atoms with Crippen molar-refractivity contribution < 1.29 is 23.9 Å². The third-order valence-corrected chi connectivity index (χ3v) is 13.8. The molecule has 2 unspecified atom stereocenters. The number of rotatable bonds is 53. The Balaban J connectivity index is 0. The van der Waals surface area contributed by atoms with Crippen molar-refractivity contribution in [2.45, 2.75) is 299 Å². The van der Waals surface area contributed by atoms with Gasteiger partial charge in [0.15, 0.2) is 0 Å². The molecule has 0 spiro atoms. The van der Waals surface area contributed by atoms with Gasteiger partial charge in [-0.1, -0.05) is 222 Å². The monoisotopic (exact) mass is 964 g/mol. The topological polar surface area (TPSA) is 88.2 Å². The summed E-state index contributed by atoms with van der Waals surface area (Å²) in [4.78, 5) is 44.0. The van der Waals surface area contributed by atoms with Crippen molar-refractivity contribution in [2.75, 3.05) is 59.0 Å². The summed E-state index contributed by atoms with van der Waals surface area (Å²) in [5, 5.41) is 3.65. The molecule has 0 radical (unpaired) electrons. The van der Waals surface area contributed by atoms with Gasteiger partial charge in [-0.15, -0.1) is 0 Å². The summed E-state index contributed by atoms with van der Waals surface area (Å²) in [5.41, 5.74) is 0. The Kier molecular flexibility index (Phi) is 56.6. The molecule has 8 nitrogen and oxygen atoms in total. The molecule has 0 rings (SSSR count). The zero-order valence-corrected chi connectivity index (χ0v) is 47.3. The van der Waals surface area contributed by atoms with E-state index in [1.54, 1.807) is 0 Å². The second-order valence-corrected chi connectivity index (χ2v) is 20.2. The minimum atomic E-state index is 0.0528. The Bertz CT molecular complexity index is 977. The molecule has 406 valence electrons. The van der Waals surface area contributed by atoms with Crippen LogP contribution in [0.1, 0.15) is 299 Å². The maximum absolute atomic E-state index is 13.1. The number of ether oxygens (including phenoxy) is 2. The van der Waals surface area contributed by atoms with Crippen molar-refractivity contribution in [3.63, 3.8) is 0 Å². The van der Waals surface area contributed by atoms with Crippen LogP contribution in [0.15, 0.2) is 0 Å². The molecular weight excluding hydrogens is 843 g/mol. The van der Waals surface area contributed by atoms with Crippen molar-refractivity contribution in [1.82, 2.24) is 15.1 Å². The predicted octanol–water partition coefficient (Wildman–Crippen LogP) is 17.0. The van der Waals surface area contributed by atoms with E-state index in [-0.39, 0.29) is 23.8 Å². The van der Waals surface area contributed by atoms with Crippen LogP contribution in [0.3, 0.4) is 0 Å². The Morgan fingerprint density at radius 1 is 0.368 bits per heavy atom. The molecule has 68 heavy (non-hydrogen) atoms. The lowest BCUT2D eigenvalue weighted by Gasteiger charge is -2.23. The molecule has 0 fully saturated rings. The third-order valence-electron chi connectivity index (χ3n) is 13.8. The Hall–Kier alpha value is -1.67. The van der Waals surface area contributed by atoms with E-state index in [2.05, 4.69) is 56.7 Å². The van der Waals surface area contributed by atoms with Crippen LogP contribution in [-0.4, -0.2) is 86.7 Å². The van der Waals surface area contributed by atoms with Gasteiger partial charge in [0.1, 0.15) is 0 Å². The summed E-state index contributed by atoms with van der Waals surface area (Å²) in [6.07, 6.45) is 43.4. The first-order valence-corrected chi connectivity index (χ1v) is 30.4. The Morgan fingerprint density at radius 2 is 0.706 bits per heavy atom. The number of hydrogen-bond acceptors (Lipinski definition) is 7. The van der Waals surface area contributed by atoms with Crippen LogP contribution in [0.4, 0.5) is 0 Å². The lowest BCUT2D eigenvalue weighted by Crippen LogP contribution is -2.35. The molecule has 0 aliphatic carbocycles. The Labute approximate surface area is 425 Å². The summed E-state index contributed by atoms with van der Waals surface area (Å²) in [5.74, 6) is 0.577. The van der Waals surface area contributed by atoms with E-state index >= 15 is 0 Å². The van der Waals surface area contributed by atoms with Gasteiger partial charge in [0.05, 0.1) is 25.0 Å². The smallest absolute Gasteiger partial charge is 0.308 e. The van der Waals surface area contributed by atoms with Gasteiger partial charge in [-0.05, 0) is 90.3 Å². The van der Waals surface area contributed by atoms with E-state index in [1.807, 2.05) is 13.8 Å². The number of esters is 2. The van der Waals surface area contributed by atoms with Gasteiger partial charge in [-0.2, -0.15) is 0 Å². The molecule has 0 saturated carbocycles. The largest absolute Gasteiger partial charge is 0.465 e. The van der Waals surface area contributed by atoms with E-state index in [0.29, 0.717) is 25.5 Å². The van der Waals surface area contributed by atoms with E-state index in [0.717, 1.165) is 181 Å². The van der Waals surface area contributed by atoms with E-state index in [1.165, 1.54) is 103 Å². The zero-order valence-electron chi connectivity index (χ0n) is 47.3. The molecule has 0 aromatic rings. The summed E-state index contributed by atoms with van der Waals surface area (Å²) in [6.45, 7) is 25.3. The van der Waals surface area contributed by atoms with Crippen molar-refractivity contribution in [3.8, 4) is 0 Å². The average Bonchev–Trinajstić information content (AvgIpc) is 3.35. The molecule has 0 aromatic heterocycles. The van der Waals surface area contributed by atoms with Crippen molar-refractivity contribution in [2.24, 2.45) is 11.8 Å². The van der Waals surface area contributed by atoms with Crippen LogP contribution >= 0.6 is 0 Å². The Morgan fingerprint density at radius 3 is 1.10 bits per heavy atom. The summed E-state index contributed by atoms with van der Waals surface area (Å²) in [7, 11) is 0. The minimum absolute atomic E-state index is 0.0528. The summed E-state index contributed by atoms with van der Waals surface area (Å²) >= 11 is 0. The lowest BCUT2D eigenvalue weighted by molar-refractivity contribution is -0.150. The first-order chi connectivity index (χ1) is 33.4. The minimum Gasteiger partial charge on any atom is -0.465 e. The van der Waals surface area contributed by atoms with Crippen LogP contribution in [0.2, 0.25) is 0 Å². The van der Waals surface area contributed by atoms with Gasteiger partial charge in [0.2, 0.25) is 5.91 Å². The molecule has 1 amide bonds. The fourth-order valence-corrected chi connectivity index (χ4v) is 9.18. The number of unbranched alkanes of at least 4 members (excludes halogenated alkanes) is 24. The number of nitrogens with one attached hydrogen (secondary N) is 1. The molecule has 1 N–H and O–H groups in total. The molecular formula is C60H121N3O5. The number of carbonyl (C=O) groups is 3. The highest BCUT2D eigenvalue weighted by Gasteiger charge is 2.21. The SMILES string of the molecule is CC.CCCCCCCCC(CCCCCC)C(=O)OCCCCCCN(CCCCCCOC(=O)C(CCCCCC)CCCCCCCC)CCNCCCC(=O)N(CCCC)CCCC. The van der Waals surface area contributed by atoms with Gasteiger partial charge in [0, 0.05) is 32.6 Å². The first kappa shape index (κ1) is 68.4. The van der Waals surface area contributed by atoms with Crippen LogP contribution < -0.4 is 5.32 Å². The summed E-state index contributed by atoms with van der Waals surface area (Å²) < 4.78 is 11.8. The van der Waals surface area contributed by atoms with Gasteiger partial charge in [-0.3, -0.25) is 14.4 Å². The highest BCUT2D eigenvalue weighted by molar-refractivity contribution is 5.76. The molecule has 0 saturated heterocycles. The fraction of sp³-hybridized carbons (Fsp3) is 0.950. The highest BCUT2D eigenvalue weighted by atomic mass is 16.5. The van der Waals surface area contributed by atoms with Crippen molar-refractivity contribution >= 4 is 17.8 Å². The molecule has 8 heteroatoms. The average molecular weight is 965 g/mol. The second kappa shape index (κ2) is 56.2. The molecule has 0 aliphatic rings. The zero-order chi connectivity index (χ0) is 50.4. The molecule has 0 bridgehead atoms. The van der Waals surface area contributed by atoms with Crippen molar-refractivity contribution in [3.05, 3.63) is 0 Å². The van der Waals surface area contributed by atoms with Crippen LogP contribution in [0, 0.1) is 11.8 Å². The van der Waals surface area contributed by atoms with E-state index < -0.39 is 0 Å². The molecule has 2 atom stereocenters. The fourth-order valence-electron chi connectivity index (χ4n) is 9.18. The third kappa shape index (κ3) is 45.5. The van der Waals surface area contributed by atoms with Crippen LogP contribution in [0.5, 0.6) is 0 Å². The summed E-state index contributed by atoms with van der Waals surface area (Å²) in [6, 6.07) is 0. The van der Waals surface area contributed by atoms with Gasteiger partial charge in [0.25, 0.3) is 0 Å². The number of nitrogens with zero attached hydrogens (tertiary/aromatic N) is 2.